The predicted octanol–water partition coefficient (Wildman–Crippen LogP) is 3.23. The Morgan fingerprint density at radius 2 is 1.86 bits per heavy atom. The number of hydrogen-bond acceptors (Lipinski definition) is 3. The van der Waals surface area contributed by atoms with E-state index in [9.17, 15) is 4.79 Å². The molecule has 0 aliphatic rings. The number of anilines is 1. The van der Waals surface area contributed by atoms with Crippen LogP contribution in [0.3, 0.4) is 0 Å². The summed E-state index contributed by atoms with van der Waals surface area (Å²) in [6.07, 6.45) is 0.796. The Balaban J connectivity index is 1.70. The SMILES string of the molecule is COc1ccc(CCNC(=O)CNc2ccccc2Br)cc1. The first kappa shape index (κ1) is 16.4. The molecule has 2 N–H and O–H groups in total. The molecule has 0 fully saturated rings. The van der Waals surface area contributed by atoms with E-state index in [-0.39, 0.29) is 12.5 Å². The van der Waals surface area contributed by atoms with E-state index in [0.717, 1.165) is 22.3 Å². The second kappa shape index (κ2) is 8.44. The van der Waals surface area contributed by atoms with E-state index in [1.165, 1.54) is 5.56 Å². The number of hydrogen-bond donors (Lipinski definition) is 2. The maximum Gasteiger partial charge on any atom is 0.239 e. The molecule has 0 aliphatic carbocycles. The lowest BCUT2D eigenvalue weighted by molar-refractivity contribution is -0.119. The number of carbonyl (C=O) groups excluding carboxylic acids is 1. The lowest BCUT2D eigenvalue weighted by Gasteiger charge is -2.09. The summed E-state index contributed by atoms with van der Waals surface area (Å²) in [6.45, 7) is 0.869. The van der Waals surface area contributed by atoms with Gasteiger partial charge in [0.15, 0.2) is 0 Å². The van der Waals surface area contributed by atoms with E-state index < -0.39 is 0 Å². The summed E-state index contributed by atoms with van der Waals surface area (Å²) in [4.78, 5) is 11.8. The maximum absolute atomic E-state index is 11.8. The van der Waals surface area contributed by atoms with Crippen LogP contribution in [0.25, 0.3) is 0 Å². The topological polar surface area (TPSA) is 50.4 Å². The van der Waals surface area contributed by atoms with Crippen LogP contribution in [0.2, 0.25) is 0 Å². The molecular formula is C17H19BrN2O2. The van der Waals surface area contributed by atoms with Crippen molar-refractivity contribution in [2.24, 2.45) is 0 Å². The molecule has 0 bridgehead atoms. The maximum atomic E-state index is 11.8. The molecule has 0 aliphatic heterocycles. The molecule has 0 spiro atoms. The summed E-state index contributed by atoms with van der Waals surface area (Å²) in [7, 11) is 1.65. The zero-order valence-electron chi connectivity index (χ0n) is 12.4. The normalized spacial score (nSPS) is 10.1. The summed E-state index contributed by atoms with van der Waals surface area (Å²) in [6, 6.07) is 15.6. The molecule has 0 heterocycles. The van der Waals surface area contributed by atoms with Crippen LogP contribution in [0.1, 0.15) is 5.56 Å². The zero-order chi connectivity index (χ0) is 15.8. The van der Waals surface area contributed by atoms with Gasteiger partial charge in [0.1, 0.15) is 5.75 Å². The van der Waals surface area contributed by atoms with Crippen LogP contribution in [0.5, 0.6) is 5.75 Å². The van der Waals surface area contributed by atoms with Gasteiger partial charge < -0.3 is 15.4 Å². The highest BCUT2D eigenvalue weighted by Crippen LogP contribution is 2.20. The van der Waals surface area contributed by atoms with Crippen molar-refractivity contribution in [1.29, 1.82) is 0 Å². The summed E-state index contributed by atoms with van der Waals surface area (Å²) in [5.74, 6) is 0.815. The monoisotopic (exact) mass is 362 g/mol. The highest BCUT2D eigenvalue weighted by Gasteiger charge is 2.03. The molecule has 0 saturated heterocycles. The number of nitrogens with one attached hydrogen (secondary N) is 2. The van der Waals surface area contributed by atoms with Crippen LogP contribution in [0.4, 0.5) is 5.69 Å². The minimum absolute atomic E-state index is 0.0238. The fourth-order valence-corrected chi connectivity index (χ4v) is 2.41. The summed E-state index contributed by atoms with van der Waals surface area (Å²) >= 11 is 3.44. The third kappa shape index (κ3) is 5.07. The molecule has 1 amide bonds. The van der Waals surface area contributed by atoms with Gasteiger partial charge in [-0.25, -0.2) is 0 Å². The summed E-state index contributed by atoms with van der Waals surface area (Å²) in [5, 5.41) is 6.00. The van der Waals surface area contributed by atoms with Crippen molar-refractivity contribution in [2.75, 3.05) is 25.5 Å². The lowest BCUT2D eigenvalue weighted by Crippen LogP contribution is -2.31. The Morgan fingerprint density at radius 3 is 2.55 bits per heavy atom. The van der Waals surface area contributed by atoms with Gasteiger partial charge in [0.2, 0.25) is 5.91 Å². The van der Waals surface area contributed by atoms with E-state index in [1.807, 2.05) is 48.5 Å². The smallest absolute Gasteiger partial charge is 0.239 e. The largest absolute Gasteiger partial charge is 0.497 e. The highest BCUT2D eigenvalue weighted by molar-refractivity contribution is 9.10. The molecule has 0 atom stereocenters. The molecular weight excluding hydrogens is 344 g/mol. The van der Waals surface area contributed by atoms with Gasteiger partial charge in [0.25, 0.3) is 0 Å². The van der Waals surface area contributed by atoms with Gasteiger partial charge in [0, 0.05) is 16.7 Å². The third-order valence-electron chi connectivity index (χ3n) is 3.21. The number of rotatable bonds is 7. The molecule has 0 aromatic heterocycles. The number of ether oxygens (including phenoxy) is 1. The van der Waals surface area contributed by atoms with Crippen molar-refractivity contribution in [3.63, 3.8) is 0 Å². The highest BCUT2D eigenvalue weighted by atomic mass is 79.9. The average Bonchev–Trinajstić information content (AvgIpc) is 2.55. The fraction of sp³-hybridized carbons (Fsp3) is 0.235. The number of amides is 1. The molecule has 0 radical (unpaired) electrons. The first-order valence-electron chi connectivity index (χ1n) is 7.07. The Labute approximate surface area is 139 Å². The predicted molar refractivity (Wildman–Crippen MR) is 92.3 cm³/mol. The molecule has 0 unspecified atom stereocenters. The minimum atomic E-state index is -0.0238. The van der Waals surface area contributed by atoms with E-state index in [4.69, 9.17) is 4.74 Å². The average molecular weight is 363 g/mol. The number of para-hydroxylation sites is 1. The quantitative estimate of drug-likeness (QED) is 0.794. The van der Waals surface area contributed by atoms with Crippen molar-refractivity contribution < 1.29 is 9.53 Å². The molecule has 2 rings (SSSR count). The Hall–Kier alpha value is -2.01. The van der Waals surface area contributed by atoms with E-state index >= 15 is 0 Å². The first-order valence-corrected chi connectivity index (χ1v) is 7.86. The van der Waals surface area contributed by atoms with Crippen LogP contribution in [-0.4, -0.2) is 26.1 Å². The molecule has 0 saturated carbocycles. The number of halogens is 1. The zero-order valence-corrected chi connectivity index (χ0v) is 14.0. The van der Waals surface area contributed by atoms with Gasteiger partial charge >= 0.3 is 0 Å². The van der Waals surface area contributed by atoms with E-state index in [0.29, 0.717) is 6.54 Å². The minimum Gasteiger partial charge on any atom is -0.497 e. The third-order valence-corrected chi connectivity index (χ3v) is 3.90. The van der Waals surface area contributed by atoms with Crippen LogP contribution in [0.15, 0.2) is 53.0 Å². The summed E-state index contributed by atoms with van der Waals surface area (Å²) < 4.78 is 6.06. The molecule has 4 nitrogen and oxygen atoms in total. The van der Waals surface area contributed by atoms with Crippen LogP contribution >= 0.6 is 15.9 Å². The van der Waals surface area contributed by atoms with Gasteiger partial charge in [-0.3, -0.25) is 4.79 Å². The van der Waals surface area contributed by atoms with Gasteiger partial charge in [-0.2, -0.15) is 0 Å². The number of benzene rings is 2. The van der Waals surface area contributed by atoms with Crippen molar-refractivity contribution in [3.05, 3.63) is 58.6 Å². The molecule has 2 aromatic carbocycles. The number of carbonyl (C=O) groups is 1. The van der Waals surface area contributed by atoms with E-state index in [1.54, 1.807) is 7.11 Å². The Morgan fingerprint density at radius 1 is 1.14 bits per heavy atom. The first-order chi connectivity index (χ1) is 10.7. The van der Waals surface area contributed by atoms with E-state index in [2.05, 4.69) is 26.6 Å². The molecule has 5 heteroatoms. The fourth-order valence-electron chi connectivity index (χ4n) is 1.98. The van der Waals surface area contributed by atoms with Crippen molar-refractivity contribution in [3.8, 4) is 5.75 Å². The van der Waals surface area contributed by atoms with Crippen LogP contribution < -0.4 is 15.4 Å². The summed E-state index contributed by atoms with van der Waals surface area (Å²) in [5.41, 5.74) is 2.08. The second-order valence-corrected chi connectivity index (χ2v) is 5.64. The van der Waals surface area contributed by atoms with Gasteiger partial charge in [-0.1, -0.05) is 24.3 Å². The van der Waals surface area contributed by atoms with Gasteiger partial charge in [0.05, 0.1) is 13.7 Å². The molecule has 2 aromatic rings. The molecule has 22 heavy (non-hydrogen) atoms. The lowest BCUT2D eigenvalue weighted by atomic mass is 10.1. The van der Waals surface area contributed by atoms with Gasteiger partial charge in [-0.15, -0.1) is 0 Å². The van der Waals surface area contributed by atoms with Crippen molar-refractivity contribution in [2.45, 2.75) is 6.42 Å². The second-order valence-electron chi connectivity index (χ2n) is 4.78. The van der Waals surface area contributed by atoms with Gasteiger partial charge in [-0.05, 0) is 52.2 Å². The molecule has 116 valence electrons. The standard InChI is InChI=1S/C17H19BrN2O2/c1-22-14-8-6-13(7-9-14)10-11-19-17(21)12-20-16-5-3-2-4-15(16)18/h2-9,20H,10-12H2,1H3,(H,19,21). The number of methoxy groups -OCH3 is 1. The van der Waals surface area contributed by atoms with Crippen LogP contribution in [-0.2, 0) is 11.2 Å². The van der Waals surface area contributed by atoms with Crippen molar-refractivity contribution in [1.82, 2.24) is 5.32 Å². The van der Waals surface area contributed by atoms with Crippen LogP contribution in [0, 0.1) is 0 Å². The Kier molecular flexibility index (Phi) is 6.27. The Bertz CT molecular complexity index is 614. The van der Waals surface area contributed by atoms with Crippen molar-refractivity contribution >= 4 is 27.5 Å².